The first-order chi connectivity index (χ1) is 7.72. The van der Waals surface area contributed by atoms with Crippen LogP contribution in [0.1, 0.15) is 17.9 Å². The maximum absolute atomic E-state index is 12.9. The van der Waals surface area contributed by atoms with Crippen molar-refractivity contribution in [2.45, 2.75) is 12.3 Å². The van der Waals surface area contributed by atoms with Gasteiger partial charge in [-0.25, -0.2) is 4.39 Å². The number of phenols is 1. The third-order valence-corrected chi connectivity index (χ3v) is 3.32. The lowest BCUT2D eigenvalue weighted by Gasteiger charge is -2.32. The van der Waals surface area contributed by atoms with E-state index in [2.05, 4.69) is 5.32 Å². The highest BCUT2D eigenvalue weighted by molar-refractivity contribution is 5.36. The lowest BCUT2D eigenvalue weighted by atomic mass is 9.81. The molecule has 0 radical (unpaired) electrons. The fourth-order valence-corrected chi connectivity index (χ4v) is 2.39. The Morgan fingerprint density at radius 2 is 2.31 bits per heavy atom. The zero-order valence-electron chi connectivity index (χ0n) is 9.12. The van der Waals surface area contributed by atoms with E-state index in [-0.39, 0.29) is 11.7 Å². The van der Waals surface area contributed by atoms with Gasteiger partial charge in [0.25, 0.3) is 0 Å². The van der Waals surface area contributed by atoms with Crippen molar-refractivity contribution in [3.05, 3.63) is 29.6 Å². The highest BCUT2D eigenvalue weighted by atomic mass is 19.1. The number of halogens is 1. The summed E-state index contributed by atoms with van der Waals surface area (Å²) < 4.78 is 12.9. The van der Waals surface area contributed by atoms with Gasteiger partial charge in [-0.05, 0) is 37.1 Å². The van der Waals surface area contributed by atoms with Crippen LogP contribution >= 0.6 is 0 Å². The van der Waals surface area contributed by atoms with Gasteiger partial charge >= 0.3 is 0 Å². The zero-order valence-corrected chi connectivity index (χ0v) is 9.12. The first-order valence-corrected chi connectivity index (χ1v) is 5.61. The van der Waals surface area contributed by atoms with E-state index in [0.29, 0.717) is 12.5 Å². The topological polar surface area (TPSA) is 58.3 Å². The molecule has 1 aliphatic heterocycles. The molecule has 88 valence electrons. The molecule has 2 unspecified atom stereocenters. The van der Waals surface area contributed by atoms with Gasteiger partial charge in [-0.15, -0.1) is 0 Å². The monoisotopic (exact) mass is 224 g/mol. The first kappa shape index (κ1) is 11.4. The standard InChI is InChI=1S/C12H17FN2O/c13-9-1-2-10(12(16)5-9)11-7-15-4-3-8(11)6-14/h1-2,5,8,11,15-16H,3-4,6-7,14H2. The van der Waals surface area contributed by atoms with Crippen LogP contribution in [-0.2, 0) is 0 Å². The number of hydrogen-bond acceptors (Lipinski definition) is 3. The van der Waals surface area contributed by atoms with E-state index in [1.54, 1.807) is 6.07 Å². The SMILES string of the molecule is NCC1CCNCC1c1ccc(F)cc1O. The van der Waals surface area contributed by atoms with Gasteiger partial charge in [-0.1, -0.05) is 6.07 Å². The van der Waals surface area contributed by atoms with Crippen LogP contribution in [0.2, 0.25) is 0 Å². The van der Waals surface area contributed by atoms with Crippen molar-refractivity contribution < 1.29 is 9.50 Å². The maximum atomic E-state index is 12.9. The summed E-state index contributed by atoms with van der Waals surface area (Å²) in [6.45, 7) is 2.35. The van der Waals surface area contributed by atoms with Gasteiger partial charge in [0.2, 0.25) is 0 Å². The molecule has 0 spiro atoms. The van der Waals surface area contributed by atoms with Crippen molar-refractivity contribution in [1.82, 2.24) is 5.32 Å². The second kappa shape index (κ2) is 4.80. The summed E-state index contributed by atoms with van der Waals surface area (Å²) in [4.78, 5) is 0. The molecule has 0 aliphatic carbocycles. The average molecular weight is 224 g/mol. The molecule has 16 heavy (non-hydrogen) atoms. The molecule has 4 heteroatoms. The Morgan fingerprint density at radius 1 is 1.50 bits per heavy atom. The summed E-state index contributed by atoms with van der Waals surface area (Å²) in [5.74, 6) is 0.165. The van der Waals surface area contributed by atoms with Crippen molar-refractivity contribution in [1.29, 1.82) is 0 Å². The minimum Gasteiger partial charge on any atom is -0.508 e. The van der Waals surface area contributed by atoms with Gasteiger partial charge in [0.1, 0.15) is 11.6 Å². The Kier molecular flexibility index (Phi) is 3.41. The Labute approximate surface area is 94.5 Å². The van der Waals surface area contributed by atoms with Crippen molar-refractivity contribution in [3.8, 4) is 5.75 Å². The highest BCUT2D eigenvalue weighted by Gasteiger charge is 2.27. The number of phenolic OH excluding ortho intramolecular Hbond substituents is 1. The van der Waals surface area contributed by atoms with Crippen molar-refractivity contribution in [2.75, 3.05) is 19.6 Å². The number of benzene rings is 1. The number of nitrogens with two attached hydrogens (primary N) is 1. The number of hydrogen-bond donors (Lipinski definition) is 3. The van der Waals surface area contributed by atoms with E-state index < -0.39 is 5.82 Å². The molecule has 0 bridgehead atoms. The summed E-state index contributed by atoms with van der Waals surface area (Å²) >= 11 is 0. The molecular weight excluding hydrogens is 207 g/mol. The van der Waals surface area contributed by atoms with E-state index >= 15 is 0 Å². The van der Waals surface area contributed by atoms with Crippen LogP contribution in [0.3, 0.4) is 0 Å². The summed E-state index contributed by atoms with van der Waals surface area (Å²) in [5, 5.41) is 13.0. The van der Waals surface area contributed by atoms with Crippen LogP contribution in [-0.4, -0.2) is 24.7 Å². The lowest BCUT2D eigenvalue weighted by Crippen LogP contribution is -2.38. The Hall–Kier alpha value is -1.13. The van der Waals surface area contributed by atoms with Crippen molar-refractivity contribution in [2.24, 2.45) is 11.7 Å². The summed E-state index contributed by atoms with van der Waals surface area (Å²) in [6, 6.07) is 4.21. The molecule has 0 saturated carbocycles. The van der Waals surface area contributed by atoms with Crippen LogP contribution in [0.5, 0.6) is 5.75 Å². The predicted molar refractivity (Wildman–Crippen MR) is 60.8 cm³/mol. The Bertz CT molecular complexity index is 370. The van der Waals surface area contributed by atoms with Gasteiger partial charge in [-0.3, -0.25) is 0 Å². The van der Waals surface area contributed by atoms with E-state index in [1.807, 2.05) is 0 Å². The molecular formula is C12H17FN2O. The molecule has 1 aliphatic rings. The average Bonchev–Trinajstić information content (AvgIpc) is 2.29. The first-order valence-electron chi connectivity index (χ1n) is 5.61. The molecule has 0 aromatic heterocycles. The van der Waals surface area contributed by atoms with Crippen LogP contribution in [0.4, 0.5) is 4.39 Å². The highest BCUT2D eigenvalue weighted by Crippen LogP contribution is 2.34. The zero-order chi connectivity index (χ0) is 11.5. The third-order valence-electron chi connectivity index (χ3n) is 3.32. The van der Waals surface area contributed by atoms with Crippen LogP contribution in [0, 0.1) is 11.7 Å². The fraction of sp³-hybridized carbons (Fsp3) is 0.500. The van der Waals surface area contributed by atoms with Gasteiger partial charge in [-0.2, -0.15) is 0 Å². The molecule has 1 aromatic carbocycles. The van der Waals surface area contributed by atoms with Gasteiger partial charge < -0.3 is 16.2 Å². The van der Waals surface area contributed by atoms with Gasteiger partial charge in [0.05, 0.1) is 0 Å². The molecule has 1 fully saturated rings. The Morgan fingerprint density at radius 3 is 3.00 bits per heavy atom. The quantitative estimate of drug-likeness (QED) is 0.707. The summed E-state index contributed by atoms with van der Waals surface area (Å²) in [6.07, 6.45) is 0.998. The lowest BCUT2D eigenvalue weighted by molar-refractivity contribution is 0.322. The molecule has 1 saturated heterocycles. The van der Waals surface area contributed by atoms with Gasteiger partial charge in [0.15, 0.2) is 0 Å². The summed E-state index contributed by atoms with van der Waals surface area (Å²) in [7, 11) is 0. The van der Waals surface area contributed by atoms with E-state index in [4.69, 9.17) is 5.73 Å². The number of rotatable bonds is 2. The second-order valence-corrected chi connectivity index (χ2v) is 4.30. The van der Waals surface area contributed by atoms with Crippen LogP contribution < -0.4 is 11.1 Å². The largest absolute Gasteiger partial charge is 0.508 e. The molecule has 3 nitrogen and oxygen atoms in total. The predicted octanol–water partition coefficient (Wildman–Crippen LogP) is 1.18. The number of aromatic hydroxyl groups is 1. The number of piperidine rings is 1. The Balaban J connectivity index is 2.27. The van der Waals surface area contributed by atoms with Crippen molar-refractivity contribution in [3.63, 3.8) is 0 Å². The number of nitrogens with one attached hydrogen (secondary N) is 1. The minimum absolute atomic E-state index is 0.0344. The molecule has 1 aromatic rings. The van der Waals surface area contributed by atoms with E-state index in [0.717, 1.165) is 31.1 Å². The third kappa shape index (κ3) is 2.18. The molecule has 1 heterocycles. The maximum Gasteiger partial charge on any atom is 0.126 e. The minimum atomic E-state index is -0.408. The van der Waals surface area contributed by atoms with Crippen LogP contribution in [0.25, 0.3) is 0 Å². The van der Waals surface area contributed by atoms with E-state index in [1.165, 1.54) is 6.07 Å². The molecule has 0 amide bonds. The van der Waals surface area contributed by atoms with E-state index in [9.17, 15) is 9.50 Å². The van der Waals surface area contributed by atoms with Gasteiger partial charge in [0, 0.05) is 18.5 Å². The molecule has 2 rings (SSSR count). The summed E-state index contributed by atoms with van der Waals surface area (Å²) in [5.41, 5.74) is 6.52. The van der Waals surface area contributed by atoms with Crippen LogP contribution in [0.15, 0.2) is 18.2 Å². The molecule has 4 N–H and O–H groups in total. The van der Waals surface area contributed by atoms with Crippen molar-refractivity contribution >= 4 is 0 Å². The smallest absolute Gasteiger partial charge is 0.126 e. The molecule has 2 atom stereocenters. The second-order valence-electron chi connectivity index (χ2n) is 4.30. The normalized spacial score (nSPS) is 25.6. The fourth-order valence-electron chi connectivity index (χ4n) is 2.39.